The first-order valence-corrected chi connectivity index (χ1v) is 9.78. The van der Waals surface area contributed by atoms with E-state index in [0.29, 0.717) is 23.0 Å². The largest absolute Gasteiger partial charge is 0.431 e. The lowest BCUT2D eigenvalue weighted by atomic mass is 9.49. The highest BCUT2D eigenvalue weighted by molar-refractivity contribution is 5.94. The third-order valence-electron chi connectivity index (χ3n) is 6.91. The topological polar surface area (TPSA) is 44.9 Å². The number of alkyl halides is 3. The Morgan fingerprint density at radius 2 is 1.70 bits per heavy atom. The van der Waals surface area contributed by atoms with Gasteiger partial charge in [0.2, 0.25) is 5.91 Å². The second-order valence-corrected chi connectivity index (χ2v) is 9.13. The van der Waals surface area contributed by atoms with Crippen molar-refractivity contribution < 1.29 is 18.0 Å². The van der Waals surface area contributed by atoms with Crippen LogP contribution in [0.15, 0.2) is 24.3 Å². The van der Waals surface area contributed by atoms with Crippen molar-refractivity contribution in [2.45, 2.75) is 51.1 Å². The molecular weight excluding hydrogens is 353 g/mol. The molecule has 4 fully saturated rings. The molecule has 6 rings (SSSR count). The molecule has 4 aliphatic rings. The summed E-state index contributed by atoms with van der Waals surface area (Å²) in [5, 5.41) is 3.38. The number of carbonyl (C=O) groups is 1. The van der Waals surface area contributed by atoms with Gasteiger partial charge < -0.3 is 10.3 Å². The number of nitrogens with one attached hydrogen (secondary N) is 2. The number of hydrogen-bond acceptors (Lipinski definition) is 1. The zero-order valence-electron chi connectivity index (χ0n) is 15.0. The van der Waals surface area contributed by atoms with Gasteiger partial charge in [-0.3, -0.25) is 4.79 Å². The number of carbonyl (C=O) groups excluding carboxylic acids is 1. The molecule has 4 aliphatic carbocycles. The summed E-state index contributed by atoms with van der Waals surface area (Å²) in [6.45, 7) is 0. The van der Waals surface area contributed by atoms with E-state index >= 15 is 0 Å². The molecular formula is C21H23F3N2O. The predicted molar refractivity (Wildman–Crippen MR) is 97.2 cm³/mol. The Morgan fingerprint density at radius 3 is 2.30 bits per heavy atom. The van der Waals surface area contributed by atoms with Crippen molar-refractivity contribution in [1.29, 1.82) is 0 Å². The molecule has 4 saturated carbocycles. The Bertz CT molecular complexity index is 863. The lowest BCUT2D eigenvalue weighted by molar-refractivity contribution is -0.140. The molecule has 3 nitrogen and oxygen atoms in total. The molecule has 2 aromatic rings. The van der Waals surface area contributed by atoms with Gasteiger partial charge in [0.25, 0.3) is 0 Å². The molecule has 2 N–H and O–H groups in total. The average Bonchev–Trinajstić information content (AvgIpc) is 2.96. The van der Waals surface area contributed by atoms with Gasteiger partial charge in [-0.1, -0.05) is 0 Å². The standard InChI is InChI=1S/C21H23F3N2O/c22-21(23,24)18-7-15-6-16(1-2-17(15)26-18)25-19(27)11-20-8-12-3-13(9-20)5-14(4-12)10-20/h1-2,6-7,12-14,26H,3-5,8-11H2,(H,25,27). The van der Waals surface area contributed by atoms with Crippen LogP contribution in [0, 0.1) is 23.2 Å². The summed E-state index contributed by atoms with van der Waals surface area (Å²) in [4.78, 5) is 15.1. The van der Waals surface area contributed by atoms with Crippen LogP contribution in [0.25, 0.3) is 10.9 Å². The Labute approximate surface area is 155 Å². The molecule has 0 unspecified atom stereocenters. The van der Waals surface area contributed by atoms with Gasteiger partial charge in [0.05, 0.1) is 0 Å². The van der Waals surface area contributed by atoms with Crippen molar-refractivity contribution >= 4 is 22.5 Å². The van der Waals surface area contributed by atoms with E-state index in [1.165, 1.54) is 38.5 Å². The lowest BCUT2D eigenvalue weighted by Gasteiger charge is -2.56. The maximum atomic E-state index is 12.8. The van der Waals surface area contributed by atoms with Gasteiger partial charge in [-0.05, 0) is 86.0 Å². The van der Waals surface area contributed by atoms with Crippen LogP contribution in [-0.2, 0) is 11.0 Å². The summed E-state index contributed by atoms with van der Waals surface area (Å²) in [5.74, 6) is 2.37. The second kappa shape index (κ2) is 5.76. The van der Waals surface area contributed by atoms with Crippen LogP contribution in [0.1, 0.15) is 50.6 Å². The van der Waals surface area contributed by atoms with Crippen molar-refractivity contribution in [3.63, 3.8) is 0 Å². The smallest absolute Gasteiger partial charge is 0.351 e. The van der Waals surface area contributed by atoms with Crippen molar-refractivity contribution in [2.75, 3.05) is 5.32 Å². The summed E-state index contributed by atoms with van der Waals surface area (Å²) in [6.07, 6.45) is 3.65. The summed E-state index contributed by atoms with van der Waals surface area (Å²) in [6, 6.07) is 5.95. The van der Waals surface area contributed by atoms with Gasteiger partial charge in [0, 0.05) is 23.0 Å². The van der Waals surface area contributed by atoms with Crippen LogP contribution >= 0.6 is 0 Å². The predicted octanol–water partition coefficient (Wildman–Crippen LogP) is 5.73. The molecule has 1 aromatic heterocycles. The average molecular weight is 376 g/mol. The van der Waals surface area contributed by atoms with Crippen molar-refractivity contribution in [2.24, 2.45) is 23.2 Å². The molecule has 0 atom stereocenters. The number of benzene rings is 1. The highest BCUT2D eigenvalue weighted by atomic mass is 19.4. The zero-order chi connectivity index (χ0) is 18.8. The molecule has 0 spiro atoms. The van der Waals surface area contributed by atoms with Crippen molar-refractivity contribution in [1.82, 2.24) is 4.98 Å². The SMILES string of the molecule is O=C(CC12CC3CC(CC(C3)C1)C2)Nc1ccc2[nH]c(C(F)(F)F)cc2c1. The number of anilines is 1. The van der Waals surface area contributed by atoms with E-state index in [1.807, 2.05) is 0 Å². The molecule has 1 amide bonds. The maximum Gasteiger partial charge on any atom is 0.431 e. The third-order valence-corrected chi connectivity index (χ3v) is 6.91. The fourth-order valence-electron chi connectivity index (χ4n) is 6.42. The number of halogens is 3. The van der Waals surface area contributed by atoms with Gasteiger partial charge in [0.15, 0.2) is 0 Å². The Balaban J connectivity index is 1.31. The second-order valence-electron chi connectivity index (χ2n) is 9.13. The number of hydrogen-bond donors (Lipinski definition) is 2. The number of aromatic nitrogens is 1. The third kappa shape index (κ3) is 3.13. The Hall–Kier alpha value is -1.98. The first-order chi connectivity index (χ1) is 12.8. The van der Waals surface area contributed by atoms with Gasteiger partial charge in [0.1, 0.15) is 5.69 Å². The first-order valence-electron chi connectivity index (χ1n) is 9.78. The van der Waals surface area contributed by atoms with Gasteiger partial charge in [-0.15, -0.1) is 0 Å². The van der Waals surface area contributed by atoms with Gasteiger partial charge in [-0.2, -0.15) is 13.2 Å². The Kier molecular flexibility index (Phi) is 3.66. The van der Waals surface area contributed by atoms with Crippen molar-refractivity contribution in [3.05, 3.63) is 30.0 Å². The van der Waals surface area contributed by atoms with Gasteiger partial charge in [-0.25, -0.2) is 0 Å². The first kappa shape index (κ1) is 17.1. The van der Waals surface area contributed by atoms with Crippen LogP contribution in [0.2, 0.25) is 0 Å². The van der Waals surface area contributed by atoms with E-state index in [0.717, 1.165) is 23.8 Å². The molecule has 1 aromatic carbocycles. The summed E-state index contributed by atoms with van der Waals surface area (Å²) < 4.78 is 38.5. The number of rotatable bonds is 3. The van der Waals surface area contributed by atoms with E-state index in [4.69, 9.17) is 0 Å². The minimum absolute atomic E-state index is 0.0112. The maximum absolute atomic E-state index is 12.8. The van der Waals surface area contributed by atoms with Crippen LogP contribution in [-0.4, -0.2) is 10.9 Å². The van der Waals surface area contributed by atoms with Gasteiger partial charge >= 0.3 is 6.18 Å². The van der Waals surface area contributed by atoms with E-state index in [1.54, 1.807) is 18.2 Å². The highest BCUT2D eigenvalue weighted by Crippen LogP contribution is 2.61. The minimum Gasteiger partial charge on any atom is -0.351 e. The fraction of sp³-hybridized carbons (Fsp3) is 0.571. The number of fused-ring (bicyclic) bond motifs is 1. The van der Waals surface area contributed by atoms with Crippen LogP contribution < -0.4 is 5.32 Å². The van der Waals surface area contributed by atoms with E-state index in [-0.39, 0.29) is 11.3 Å². The zero-order valence-corrected chi connectivity index (χ0v) is 15.0. The van der Waals surface area contributed by atoms with E-state index in [2.05, 4.69) is 10.3 Å². The molecule has 6 heteroatoms. The molecule has 0 radical (unpaired) electrons. The number of H-pyrrole nitrogens is 1. The molecule has 27 heavy (non-hydrogen) atoms. The van der Waals surface area contributed by atoms with E-state index in [9.17, 15) is 18.0 Å². The quantitative estimate of drug-likeness (QED) is 0.706. The van der Waals surface area contributed by atoms with Crippen LogP contribution in [0.3, 0.4) is 0 Å². The van der Waals surface area contributed by atoms with Crippen molar-refractivity contribution in [3.8, 4) is 0 Å². The summed E-state index contributed by atoms with van der Waals surface area (Å²) >= 11 is 0. The van der Waals surface area contributed by atoms with E-state index < -0.39 is 11.9 Å². The minimum atomic E-state index is -4.40. The normalized spacial score (nSPS) is 32.2. The summed E-state index contributed by atoms with van der Waals surface area (Å²) in [5.41, 5.74) is 0.362. The van der Waals surface area contributed by atoms with Crippen LogP contribution in [0.5, 0.6) is 0 Å². The molecule has 1 heterocycles. The molecule has 0 saturated heterocycles. The number of amides is 1. The number of aromatic amines is 1. The Morgan fingerprint density at radius 1 is 1.07 bits per heavy atom. The monoisotopic (exact) mass is 376 g/mol. The fourth-order valence-corrected chi connectivity index (χ4v) is 6.42. The highest BCUT2D eigenvalue weighted by Gasteiger charge is 2.51. The lowest BCUT2D eigenvalue weighted by Crippen LogP contribution is -2.47. The molecule has 0 aliphatic heterocycles. The molecule has 4 bridgehead atoms. The van der Waals surface area contributed by atoms with Crippen LogP contribution in [0.4, 0.5) is 18.9 Å². The summed E-state index contributed by atoms with van der Waals surface area (Å²) in [7, 11) is 0. The molecule has 144 valence electrons.